The number of ether oxygens (including phenoxy) is 1. The first-order valence-corrected chi connectivity index (χ1v) is 10.7. The summed E-state index contributed by atoms with van der Waals surface area (Å²) in [6, 6.07) is 17.4. The van der Waals surface area contributed by atoms with Gasteiger partial charge in [-0.2, -0.15) is 9.61 Å². The molecule has 0 unspecified atom stereocenters. The summed E-state index contributed by atoms with van der Waals surface area (Å²) in [7, 11) is 0. The number of nitrogens with zero attached hydrogens (tertiary/aromatic N) is 2. The second-order valence-corrected chi connectivity index (χ2v) is 8.21. The predicted molar refractivity (Wildman–Crippen MR) is 120 cm³/mol. The Balaban J connectivity index is 1.51. The van der Waals surface area contributed by atoms with Crippen LogP contribution in [0.4, 0.5) is 0 Å². The number of aromatic nitrogens is 3. The van der Waals surface area contributed by atoms with Gasteiger partial charge >= 0.3 is 5.97 Å². The molecule has 7 heteroatoms. The van der Waals surface area contributed by atoms with Crippen molar-refractivity contribution in [1.82, 2.24) is 14.6 Å². The van der Waals surface area contributed by atoms with Crippen LogP contribution in [-0.4, -0.2) is 25.7 Å². The normalized spacial score (nSPS) is 13.8. The summed E-state index contributed by atoms with van der Waals surface area (Å²) in [5.41, 5.74) is 3.07. The highest BCUT2D eigenvalue weighted by Crippen LogP contribution is 2.32. The molecule has 1 fully saturated rings. The van der Waals surface area contributed by atoms with Crippen LogP contribution >= 0.6 is 0 Å². The summed E-state index contributed by atoms with van der Waals surface area (Å²) < 4.78 is 7.04. The third-order valence-electron chi connectivity index (χ3n) is 6.10. The molecular formula is C25H23N3O4. The number of fused-ring (bicyclic) bond motifs is 1. The average Bonchev–Trinajstić information content (AvgIpc) is 3.21. The summed E-state index contributed by atoms with van der Waals surface area (Å²) >= 11 is 0. The fraction of sp³-hybridized carbons (Fsp3) is 0.240. The van der Waals surface area contributed by atoms with Crippen molar-refractivity contribution in [3.8, 4) is 17.0 Å². The number of carboxylic acid groups (broad SMARTS) is 1. The highest BCUT2D eigenvalue weighted by atomic mass is 16.5. The van der Waals surface area contributed by atoms with Gasteiger partial charge in [0.05, 0.1) is 11.9 Å². The standard InChI is InChI=1S/C25H23N3O4/c29-24-20(13-16-7-4-8-16)22(27-23-21(25(30)31)14-26-28(23)24)18-9-11-19(12-10-18)32-15-17-5-2-1-3-6-17/h1-3,5-6,9-12,14,16,27H,4,7-8,13,15H2,(H,30,31). The molecule has 0 atom stereocenters. The van der Waals surface area contributed by atoms with Crippen molar-refractivity contribution in [3.63, 3.8) is 0 Å². The predicted octanol–water partition coefficient (Wildman–Crippen LogP) is 4.31. The van der Waals surface area contributed by atoms with Crippen LogP contribution < -0.4 is 10.3 Å². The third-order valence-corrected chi connectivity index (χ3v) is 6.10. The van der Waals surface area contributed by atoms with Gasteiger partial charge in [0, 0.05) is 5.56 Å². The second-order valence-electron chi connectivity index (χ2n) is 8.21. The molecule has 2 aromatic heterocycles. The van der Waals surface area contributed by atoms with Crippen LogP contribution in [0.25, 0.3) is 16.9 Å². The highest BCUT2D eigenvalue weighted by Gasteiger charge is 2.24. The molecular weight excluding hydrogens is 406 g/mol. The van der Waals surface area contributed by atoms with E-state index in [-0.39, 0.29) is 16.8 Å². The number of aromatic carboxylic acids is 1. The van der Waals surface area contributed by atoms with Crippen molar-refractivity contribution in [2.24, 2.45) is 5.92 Å². The largest absolute Gasteiger partial charge is 0.489 e. The average molecular weight is 429 g/mol. The molecule has 162 valence electrons. The number of H-pyrrole nitrogens is 1. The van der Waals surface area contributed by atoms with E-state index >= 15 is 0 Å². The van der Waals surface area contributed by atoms with Crippen molar-refractivity contribution < 1.29 is 14.6 Å². The first-order chi connectivity index (χ1) is 15.6. The zero-order valence-electron chi connectivity index (χ0n) is 17.5. The van der Waals surface area contributed by atoms with Gasteiger partial charge in [0.2, 0.25) is 0 Å². The van der Waals surface area contributed by atoms with E-state index in [2.05, 4.69) is 10.1 Å². The van der Waals surface area contributed by atoms with Crippen molar-refractivity contribution >= 4 is 11.6 Å². The summed E-state index contributed by atoms with van der Waals surface area (Å²) in [5.74, 6) is 0.0606. The molecule has 4 aromatic rings. The summed E-state index contributed by atoms with van der Waals surface area (Å²) in [6.07, 6.45) is 5.24. The van der Waals surface area contributed by atoms with Gasteiger partial charge in [-0.3, -0.25) is 4.79 Å². The van der Waals surface area contributed by atoms with Gasteiger partial charge in [-0.25, -0.2) is 4.79 Å². The lowest BCUT2D eigenvalue weighted by Gasteiger charge is -2.26. The molecule has 0 amide bonds. The Morgan fingerprint density at radius 1 is 1.12 bits per heavy atom. The van der Waals surface area contributed by atoms with Gasteiger partial charge in [0.15, 0.2) is 5.65 Å². The Morgan fingerprint density at radius 3 is 2.53 bits per heavy atom. The monoisotopic (exact) mass is 429 g/mol. The molecule has 2 heterocycles. The summed E-state index contributed by atoms with van der Waals surface area (Å²) in [5, 5.41) is 13.5. The first-order valence-electron chi connectivity index (χ1n) is 10.7. The molecule has 7 nitrogen and oxygen atoms in total. The molecule has 0 saturated heterocycles. The number of nitrogens with one attached hydrogen (secondary N) is 1. The van der Waals surface area contributed by atoms with Crippen LogP contribution in [0.5, 0.6) is 5.75 Å². The van der Waals surface area contributed by atoms with E-state index in [9.17, 15) is 14.7 Å². The maximum Gasteiger partial charge on any atom is 0.341 e. The van der Waals surface area contributed by atoms with Gasteiger partial charge in [-0.15, -0.1) is 0 Å². The molecule has 0 spiro atoms. The molecule has 0 aliphatic heterocycles. The minimum absolute atomic E-state index is 0.0265. The molecule has 5 rings (SSSR count). The Bertz CT molecular complexity index is 1320. The van der Waals surface area contributed by atoms with Crippen LogP contribution in [0, 0.1) is 5.92 Å². The second kappa shape index (κ2) is 8.34. The fourth-order valence-corrected chi connectivity index (χ4v) is 4.09. The number of aromatic amines is 1. The lowest BCUT2D eigenvalue weighted by molar-refractivity contribution is 0.0698. The summed E-state index contributed by atoms with van der Waals surface area (Å²) in [6.45, 7) is 0.466. The number of carboxylic acids is 1. The van der Waals surface area contributed by atoms with Crippen LogP contribution in [0.1, 0.15) is 40.7 Å². The molecule has 0 radical (unpaired) electrons. The number of hydrogen-bond donors (Lipinski definition) is 2. The van der Waals surface area contributed by atoms with Crippen molar-refractivity contribution in [2.75, 3.05) is 0 Å². The number of rotatable bonds is 7. The quantitative estimate of drug-likeness (QED) is 0.456. The number of hydrogen-bond acceptors (Lipinski definition) is 4. The van der Waals surface area contributed by atoms with Crippen molar-refractivity contribution in [1.29, 1.82) is 0 Å². The van der Waals surface area contributed by atoms with E-state index < -0.39 is 5.97 Å². The van der Waals surface area contributed by atoms with Crippen LogP contribution in [0.3, 0.4) is 0 Å². The van der Waals surface area contributed by atoms with E-state index in [4.69, 9.17) is 4.74 Å². The van der Waals surface area contributed by atoms with Gasteiger partial charge in [-0.1, -0.05) is 49.6 Å². The Hall–Kier alpha value is -3.87. The van der Waals surface area contributed by atoms with Crippen LogP contribution in [-0.2, 0) is 13.0 Å². The Morgan fingerprint density at radius 2 is 1.88 bits per heavy atom. The van der Waals surface area contributed by atoms with E-state index in [1.807, 2.05) is 54.6 Å². The van der Waals surface area contributed by atoms with Crippen LogP contribution in [0.2, 0.25) is 0 Å². The van der Waals surface area contributed by atoms with Crippen molar-refractivity contribution in [2.45, 2.75) is 32.3 Å². The topological polar surface area (TPSA) is 96.7 Å². The van der Waals surface area contributed by atoms with Crippen LogP contribution in [0.15, 0.2) is 65.6 Å². The first kappa shape index (κ1) is 20.1. The van der Waals surface area contributed by atoms with Gasteiger partial charge in [0.1, 0.15) is 17.9 Å². The van der Waals surface area contributed by atoms with Gasteiger partial charge in [-0.05, 0) is 47.7 Å². The smallest absolute Gasteiger partial charge is 0.341 e. The lowest BCUT2D eigenvalue weighted by Crippen LogP contribution is -2.26. The Kier molecular flexibility index (Phi) is 5.23. The van der Waals surface area contributed by atoms with E-state index in [0.717, 1.165) is 34.2 Å². The summed E-state index contributed by atoms with van der Waals surface area (Å²) in [4.78, 5) is 28.0. The zero-order valence-corrected chi connectivity index (χ0v) is 17.5. The Labute approximate surface area is 184 Å². The molecule has 1 aliphatic carbocycles. The van der Waals surface area contributed by atoms with E-state index in [0.29, 0.717) is 30.2 Å². The van der Waals surface area contributed by atoms with Crippen molar-refractivity contribution in [3.05, 3.63) is 87.8 Å². The molecule has 1 saturated carbocycles. The SMILES string of the molecule is O=C(O)c1cnn2c(=O)c(CC3CCC3)c(-c3ccc(OCc4ccccc4)cc3)[nH]c12. The molecule has 32 heavy (non-hydrogen) atoms. The van der Waals surface area contributed by atoms with Gasteiger partial charge < -0.3 is 14.8 Å². The lowest BCUT2D eigenvalue weighted by atomic mass is 9.80. The zero-order chi connectivity index (χ0) is 22.1. The van der Waals surface area contributed by atoms with E-state index in [1.165, 1.54) is 12.6 Å². The molecule has 1 aliphatic rings. The molecule has 0 bridgehead atoms. The minimum atomic E-state index is -1.13. The minimum Gasteiger partial charge on any atom is -0.489 e. The molecule has 2 aromatic carbocycles. The van der Waals surface area contributed by atoms with E-state index in [1.54, 1.807) is 0 Å². The highest BCUT2D eigenvalue weighted by molar-refractivity contribution is 5.94. The van der Waals surface area contributed by atoms with Gasteiger partial charge in [0.25, 0.3) is 5.56 Å². The third kappa shape index (κ3) is 3.77. The fourth-order valence-electron chi connectivity index (χ4n) is 4.09. The number of carbonyl (C=O) groups is 1. The maximum absolute atomic E-state index is 13.2. The molecule has 2 N–H and O–H groups in total. The maximum atomic E-state index is 13.2. The number of benzene rings is 2.